The second kappa shape index (κ2) is 6.58. The fourth-order valence-corrected chi connectivity index (χ4v) is 2.41. The van der Waals surface area contributed by atoms with Crippen molar-refractivity contribution in [1.82, 2.24) is 0 Å². The van der Waals surface area contributed by atoms with Crippen LogP contribution >= 0.6 is 8.03 Å². The first-order valence-corrected chi connectivity index (χ1v) is 7.57. The Balaban J connectivity index is 2.32. The van der Waals surface area contributed by atoms with Crippen LogP contribution in [0.1, 0.15) is 24.1 Å². The Morgan fingerprint density at radius 3 is 1.74 bits per heavy atom. The molecule has 0 aromatic heterocycles. The van der Waals surface area contributed by atoms with Crippen molar-refractivity contribution in [2.75, 3.05) is 0 Å². The molecular formula is C15H18NO2P+2. The molecule has 0 heterocycles. The lowest BCUT2D eigenvalue weighted by Crippen LogP contribution is -2.89. The summed E-state index contributed by atoms with van der Waals surface area (Å²) in [6.45, 7) is 1.78. The van der Waals surface area contributed by atoms with E-state index >= 15 is 0 Å². The third-order valence-corrected chi connectivity index (χ3v) is 4.01. The second-order valence-electron chi connectivity index (χ2n) is 4.53. The molecule has 3 N–H and O–H groups in total. The molecule has 0 saturated heterocycles. The number of hydrogen-bond donors (Lipinski definition) is 2. The van der Waals surface area contributed by atoms with Gasteiger partial charge in [-0.2, -0.15) is 4.89 Å². The van der Waals surface area contributed by atoms with E-state index in [9.17, 15) is 9.46 Å². The van der Waals surface area contributed by atoms with Gasteiger partial charge in [0.15, 0.2) is 0 Å². The van der Waals surface area contributed by atoms with Gasteiger partial charge in [0, 0.05) is 18.1 Å². The minimum absolute atomic E-state index is 0.0449. The Hall–Kier alpha value is -1.54. The highest BCUT2D eigenvalue weighted by molar-refractivity contribution is 7.38. The van der Waals surface area contributed by atoms with Gasteiger partial charge in [-0.3, -0.25) is 5.32 Å². The zero-order valence-corrected chi connectivity index (χ0v) is 11.7. The zero-order valence-electron chi connectivity index (χ0n) is 10.8. The van der Waals surface area contributed by atoms with Crippen LogP contribution < -0.4 is 5.32 Å². The van der Waals surface area contributed by atoms with Crippen LogP contribution in [-0.4, -0.2) is 10.7 Å². The van der Waals surface area contributed by atoms with Gasteiger partial charge in [0.1, 0.15) is 6.04 Å². The lowest BCUT2D eigenvalue weighted by atomic mass is 9.99. The zero-order chi connectivity index (χ0) is 13.7. The van der Waals surface area contributed by atoms with Crippen LogP contribution in [-0.2, 0) is 4.57 Å². The molecule has 0 aliphatic rings. The Morgan fingerprint density at radius 2 is 1.37 bits per heavy atom. The van der Waals surface area contributed by atoms with Gasteiger partial charge in [-0.15, -0.1) is 0 Å². The first-order valence-electron chi connectivity index (χ1n) is 6.28. The summed E-state index contributed by atoms with van der Waals surface area (Å²) < 4.78 is 11.2. The molecule has 4 heteroatoms. The molecule has 0 spiro atoms. The van der Waals surface area contributed by atoms with Crippen LogP contribution in [0.5, 0.6) is 0 Å². The molecule has 1 unspecified atom stereocenters. The Bertz CT molecular complexity index is 491. The van der Waals surface area contributed by atoms with Gasteiger partial charge in [0.25, 0.3) is 0 Å². The summed E-state index contributed by atoms with van der Waals surface area (Å²) >= 11 is 0. The fraction of sp³-hybridized carbons (Fsp3) is 0.200. The van der Waals surface area contributed by atoms with Crippen LogP contribution in [0.25, 0.3) is 0 Å². The molecule has 0 bridgehead atoms. The Morgan fingerprint density at radius 1 is 0.947 bits per heavy atom. The molecule has 19 heavy (non-hydrogen) atoms. The Kier molecular flexibility index (Phi) is 4.80. The molecule has 0 saturated carbocycles. The van der Waals surface area contributed by atoms with E-state index in [1.165, 1.54) is 0 Å². The predicted octanol–water partition coefficient (Wildman–Crippen LogP) is 2.42. The summed E-state index contributed by atoms with van der Waals surface area (Å²) in [6.07, 6.45) is 0. The summed E-state index contributed by atoms with van der Waals surface area (Å²) in [7, 11) is -2.18. The summed E-state index contributed by atoms with van der Waals surface area (Å²) in [6, 6.07) is 20.1. The normalized spacial score (nSPS) is 13.3. The third-order valence-electron chi connectivity index (χ3n) is 3.14. The number of rotatable bonds is 5. The van der Waals surface area contributed by atoms with Crippen LogP contribution in [0.4, 0.5) is 0 Å². The van der Waals surface area contributed by atoms with E-state index in [1.54, 1.807) is 6.92 Å². The summed E-state index contributed by atoms with van der Waals surface area (Å²) in [5.74, 6) is -0.333. The number of quaternary nitrogens is 1. The van der Waals surface area contributed by atoms with Gasteiger partial charge in [-0.1, -0.05) is 60.7 Å². The quantitative estimate of drug-likeness (QED) is 0.823. The molecule has 0 fully saturated rings. The van der Waals surface area contributed by atoms with Crippen molar-refractivity contribution < 1.29 is 14.8 Å². The van der Waals surface area contributed by atoms with Gasteiger partial charge in [0.05, 0.1) is 0 Å². The van der Waals surface area contributed by atoms with E-state index in [1.807, 2.05) is 66.0 Å². The standard InChI is InChI=1S/C15H16NO2P/c1-12(19(17)18)16-15(13-8-4-2-5-9-13)14-10-6-3-7-11-14/h2-12,15-16H,1H3/p+2/t12-/m1/s1. The van der Waals surface area contributed by atoms with Gasteiger partial charge >= 0.3 is 13.8 Å². The maximum atomic E-state index is 11.2. The topological polar surface area (TPSA) is 53.9 Å². The maximum Gasteiger partial charge on any atom is 0.568 e. The van der Waals surface area contributed by atoms with E-state index in [-0.39, 0.29) is 11.8 Å². The number of benzene rings is 2. The minimum Gasteiger partial charge on any atom is -0.291 e. The molecule has 98 valence electrons. The van der Waals surface area contributed by atoms with Crippen molar-refractivity contribution in [2.24, 2.45) is 0 Å². The molecule has 3 nitrogen and oxygen atoms in total. The second-order valence-corrected chi connectivity index (χ2v) is 5.95. The molecule has 2 atom stereocenters. The lowest BCUT2D eigenvalue weighted by molar-refractivity contribution is -0.699. The molecule has 2 rings (SSSR count). The van der Waals surface area contributed by atoms with Crippen LogP contribution in [0.3, 0.4) is 0 Å². The van der Waals surface area contributed by atoms with Gasteiger partial charge < -0.3 is 0 Å². The van der Waals surface area contributed by atoms with E-state index in [4.69, 9.17) is 0 Å². The van der Waals surface area contributed by atoms with Crippen molar-refractivity contribution in [2.45, 2.75) is 18.7 Å². The SMILES string of the molecule is C[C@H]([NH2+]C(c1ccccc1)c1ccccc1)[P+](=O)O. The average Bonchev–Trinajstić information content (AvgIpc) is 2.46. The predicted molar refractivity (Wildman–Crippen MR) is 75.9 cm³/mol. The number of hydrogen-bond acceptors (Lipinski definition) is 1. The first kappa shape index (κ1) is 13.9. The largest absolute Gasteiger partial charge is 0.568 e. The van der Waals surface area contributed by atoms with Crippen molar-refractivity contribution in [3.05, 3.63) is 71.8 Å². The molecule has 0 aliphatic heterocycles. The average molecular weight is 275 g/mol. The Labute approximate surface area is 114 Å². The van der Waals surface area contributed by atoms with Gasteiger partial charge in [0.2, 0.25) is 0 Å². The fourth-order valence-electron chi connectivity index (χ4n) is 2.09. The molecule has 0 radical (unpaired) electrons. The maximum absolute atomic E-state index is 11.2. The molecule has 2 aromatic rings. The highest BCUT2D eigenvalue weighted by atomic mass is 31.1. The highest BCUT2D eigenvalue weighted by Gasteiger charge is 2.31. The monoisotopic (exact) mass is 275 g/mol. The van der Waals surface area contributed by atoms with E-state index in [0.717, 1.165) is 11.1 Å². The van der Waals surface area contributed by atoms with E-state index in [2.05, 4.69) is 0 Å². The highest BCUT2D eigenvalue weighted by Crippen LogP contribution is 2.21. The van der Waals surface area contributed by atoms with E-state index in [0.29, 0.717) is 0 Å². The molecule has 2 aromatic carbocycles. The summed E-state index contributed by atoms with van der Waals surface area (Å²) in [4.78, 5) is 9.24. The first-order chi connectivity index (χ1) is 9.18. The van der Waals surface area contributed by atoms with Crippen molar-refractivity contribution in [3.63, 3.8) is 0 Å². The smallest absolute Gasteiger partial charge is 0.291 e. The van der Waals surface area contributed by atoms with Crippen LogP contribution in [0.2, 0.25) is 0 Å². The van der Waals surface area contributed by atoms with Crippen molar-refractivity contribution >= 4 is 8.03 Å². The van der Waals surface area contributed by atoms with Crippen molar-refractivity contribution in [1.29, 1.82) is 0 Å². The molecular weight excluding hydrogens is 257 g/mol. The lowest BCUT2D eigenvalue weighted by Gasteiger charge is -2.16. The van der Waals surface area contributed by atoms with E-state index < -0.39 is 8.03 Å². The van der Waals surface area contributed by atoms with Crippen molar-refractivity contribution in [3.8, 4) is 0 Å². The van der Waals surface area contributed by atoms with Gasteiger partial charge in [-0.25, -0.2) is 0 Å². The molecule has 0 amide bonds. The summed E-state index contributed by atoms with van der Waals surface area (Å²) in [5, 5.41) is 1.95. The minimum atomic E-state index is -2.18. The molecule has 0 aliphatic carbocycles. The third kappa shape index (κ3) is 3.71. The van der Waals surface area contributed by atoms with Crippen LogP contribution in [0.15, 0.2) is 60.7 Å². The van der Waals surface area contributed by atoms with Gasteiger partial charge in [-0.05, 0) is 4.57 Å². The summed E-state index contributed by atoms with van der Waals surface area (Å²) in [5.41, 5.74) is 2.27. The van der Waals surface area contributed by atoms with Crippen LogP contribution in [0, 0.1) is 0 Å². The number of nitrogens with two attached hydrogens (primary N) is 1.